The van der Waals surface area contributed by atoms with Crippen LogP contribution in [-0.2, 0) is 12.8 Å². The predicted molar refractivity (Wildman–Crippen MR) is 81.9 cm³/mol. The molecule has 0 saturated carbocycles. The number of hydrogen-bond donors (Lipinski definition) is 0. The van der Waals surface area contributed by atoms with Gasteiger partial charge in [0.05, 0.1) is 0 Å². The third kappa shape index (κ3) is 1.87. The maximum absolute atomic E-state index is 13.5. The molecule has 1 aliphatic carbocycles. The maximum Gasteiger partial charge on any atom is 0.123 e. The molecule has 0 amide bonds. The van der Waals surface area contributed by atoms with Crippen LogP contribution in [0.15, 0.2) is 36.4 Å². The fourth-order valence-corrected chi connectivity index (χ4v) is 3.58. The number of nitrogens with zero attached hydrogens (tertiary/aromatic N) is 1. The van der Waals surface area contributed by atoms with Gasteiger partial charge in [-0.05, 0) is 59.8 Å². The summed E-state index contributed by atoms with van der Waals surface area (Å²) in [6.07, 6.45) is 2.09. The molecule has 4 rings (SSSR count). The van der Waals surface area contributed by atoms with E-state index in [2.05, 4.69) is 30.1 Å². The number of fused-ring (bicyclic) bond motifs is 2. The predicted octanol–water partition coefficient (Wildman–Crippen LogP) is 4.00. The minimum Gasteiger partial charge on any atom is -0.299 e. The molecule has 1 nitrogen and oxygen atoms in total. The average Bonchev–Trinajstić information content (AvgIpc) is 2.43. The summed E-state index contributed by atoms with van der Waals surface area (Å²) in [5.41, 5.74) is 6.45. The van der Waals surface area contributed by atoms with Crippen molar-refractivity contribution < 1.29 is 4.39 Å². The lowest BCUT2D eigenvalue weighted by Gasteiger charge is -2.39. The number of likely N-dealkylation sites (N-methyl/N-ethyl adjacent to an activating group) is 1. The average molecular weight is 290 g/mol. The lowest BCUT2D eigenvalue weighted by Crippen LogP contribution is -2.35. The molecular formula is C17H17ClFN. The van der Waals surface area contributed by atoms with Gasteiger partial charge < -0.3 is 0 Å². The SMILES string of the molecule is CN1CCc2cccc3c2C1Cc1ccc(F)cc1-3.Cl. The standard InChI is InChI=1S/C17H16FN.ClH/c1-19-8-7-11-3-2-4-14-15-10-13(18)6-5-12(15)9-16(19)17(11)14;/h2-6,10,16H,7-9H2,1H3;1H. The minimum absolute atomic E-state index is 0. The van der Waals surface area contributed by atoms with E-state index in [9.17, 15) is 4.39 Å². The van der Waals surface area contributed by atoms with Crippen molar-refractivity contribution in [2.45, 2.75) is 18.9 Å². The third-order valence-electron chi connectivity index (χ3n) is 4.57. The molecule has 1 aliphatic heterocycles. The zero-order valence-corrected chi connectivity index (χ0v) is 12.2. The second kappa shape index (κ2) is 4.87. The number of halogens is 2. The molecule has 2 aliphatic rings. The Morgan fingerprint density at radius 2 is 1.95 bits per heavy atom. The van der Waals surface area contributed by atoms with Gasteiger partial charge in [0.1, 0.15) is 5.82 Å². The van der Waals surface area contributed by atoms with Crippen LogP contribution in [0.25, 0.3) is 11.1 Å². The molecule has 1 heterocycles. The summed E-state index contributed by atoms with van der Waals surface area (Å²) in [6, 6.07) is 12.1. The monoisotopic (exact) mass is 289 g/mol. The molecule has 3 heteroatoms. The molecule has 0 bridgehead atoms. The van der Waals surface area contributed by atoms with E-state index in [1.54, 1.807) is 12.1 Å². The summed E-state index contributed by atoms with van der Waals surface area (Å²) >= 11 is 0. The topological polar surface area (TPSA) is 3.24 Å². The smallest absolute Gasteiger partial charge is 0.123 e. The molecule has 2 aromatic rings. The summed E-state index contributed by atoms with van der Waals surface area (Å²) in [5, 5.41) is 0. The van der Waals surface area contributed by atoms with E-state index in [1.807, 2.05) is 6.07 Å². The van der Waals surface area contributed by atoms with Crippen molar-refractivity contribution in [3.05, 3.63) is 58.9 Å². The Balaban J connectivity index is 0.00000121. The third-order valence-corrected chi connectivity index (χ3v) is 4.57. The second-order valence-electron chi connectivity index (χ2n) is 5.63. The van der Waals surface area contributed by atoms with Crippen molar-refractivity contribution in [3.63, 3.8) is 0 Å². The zero-order chi connectivity index (χ0) is 13.0. The molecule has 0 fully saturated rings. The Bertz CT molecular complexity index is 668. The van der Waals surface area contributed by atoms with Crippen molar-refractivity contribution in [2.24, 2.45) is 0 Å². The number of rotatable bonds is 0. The Morgan fingerprint density at radius 1 is 1.10 bits per heavy atom. The Kier molecular flexibility index (Phi) is 3.31. The molecule has 0 saturated heterocycles. The largest absolute Gasteiger partial charge is 0.299 e. The van der Waals surface area contributed by atoms with Crippen molar-refractivity contribution in [1.29, 1.82) is 0 Å². The van der Waals surface area contributed by atoms with Crippen LogP contribution in [0.5, 0.6) is 0 Å². The molecule has 104 valence electrons. The van der Waals surface area contributed by atoms with Crippen LogP contribution in [0.3, 0.4) is 0 Å². The first-order chi connectivity index (χ1) is 9.24. The number of hydrogen-bond acceptors (Lipinski definition) is 1. The fraction of sp³-hybridized carbons (Fsp3) is 0.294. The molecule has 2 aromatic carbocycles. The molecular weight excluding hydrogens is 273 g/mol. The molecule has 1 unspecified atom stereocenters. The Morgan fingerprint density at radius 3 is 2.80 bits per heavy atom. The van der Waals surface area contributed by atoms with E-state index in [1.165, 1.54) is 22.3 Å². The molecule has 0 N–H and O–H groups in total. The van der Waals surface area contributed by atoms with Gasteiger partial charge in [0, 0.05) is 12.6 Å². The van der Waals surface area contributed by atoms with Crippen LogP contribution < -0.4 is 0 Å². The van der Waals surface area contributed by atoms with Gasteiger partial charge in [-0.2, -0.15) is 0 Å². The normalized spacial score (nSPS) is 19.8. The lowest BCUT2D eigenvalue weighted by molar-refractivity contribution is 0.228. The van der Waals surface area contributed by atoms with Crippen LogP contribution in [-0.4, -0.2) is 18.5 Å². The first-order valence-electron chi connectivity index (χ1n) is 6.85. The zero-order valence-electron chi connectivity index (χ0n) is 11.4. The van der Waals surface area contributed by atoms with Crippen molar-refractivity contribution in [3.8, 4) is 11.1 Å². The van der Waals surface area contributed by atoms with Crippen LogP contribution in [0.1, 0.15) is 22.7 Å². The van der Waals surface area contributed by atoms with Crippen LogP contribution in [0.2, 0.25) is 0 Å². The highest BCUT2D eigenvalue weighted by Crippen LogP contribution is 2.44. The molecule has 1 atom stereocenters. The molecule has 0 aromatic heterocycles. The highest BCUT2D eigenvalue weighted by Gasteiger charge is 2.32. The van der Waals surface area contributed by atoms with E-state index in [4.69, 9.17) is 0 Å². The summed E-state index contributed by atoms with van der Waals surface area (Å²) in [4.78, 5) is 2.43. The van der Waals surface area contributed by atoms with Crippen LogP contribution in [0.4, 0.5) is 4.39 Å². The Hall–Kier alpha value is -1.38. The van der Waals surface area contributed by atoms with E-state index >= 15 is 0 Å². The first kappa shape index (κ1) is 13.6. The van der Waals surface area contributed by atoms with E-state index < -0.39 is 0 Å². The Labute approximate surface area is 124 Å². The van der Waals surface area contributed by atoms with Gasteiger partial charge >= 0.3 is 0 Å². The van der Waals surface area contributed by atoms with Crippen LogP contribution >= 0.6 is 12.4 Å². The molecule has 20 heavy (non-hydrogen) atoms. The van der Waals surface area contributed by atoms with Gasteiger partial charge in [-0.3, -0.25) is 4.90 Å². The van der Waals surface area contributed by atoms with Gasteiger partial charge in [-0.25, -0.2) is 4.39 Å². The van der Waals surface area contributed by atoms with Gasteiger partial charge in [0.15, 0.2) is 0 Å². The highest BCUT2D eigenvalue weighted by molar-refractivity contribution is 5.85. The highest BCUT2D eigenvalue weighted by atomic mass is 35.5. The van der Waals surface area contributed by atoms with Crippen LogP contribution in [0, 0.1) is 5.82 Å². The van der Waals surface area contributed by atoms with Crippen molar-refractivity contribution in [1.82, 2.24) is 4.90 Å². The van der Waals surface area contributed by atoms with Gasteiger partial charge in [0.25, 0.3) is 0 Å². The van der Waals surface area contributed by atoms with E-state index in [-0.39, 0.29) is 18.2 Å². The lowest BCUT2D eigenvalue weighted by atomic mass is 9.77. The first-order valence-corrected chi connectivity index (χ1v) is 6.85. The summed E-state index contributed by atoms with van der Waals surface area (Å²) in [7, 11) is 2.19. The van der Waals surface area contributed by atoms with Crippen molar-refractivity contribution in [2.75, 3.05) is 13.6 Å². The quantitative estimate of drug-likeness (QED) is 0.708. The van der Waals surface area contributed by atoms with E-state index in [0.29, 0.717) is 6.04 Å². The fourth-order valence-electron chi connectivity index (χ4n) is 3.58. The van der Waals surface area contributed by atoms with Crippen molar-refractivity contribution >= 4 is 12.4 Å². The molecule has 0 spiro atoms. The summed E-state index contributed by atoms with van der Waals surface area (Å²) < 4.78 is 13.5. The number of benzene rings is 2. The van der Waals surface area contributed by atoms with E-state index in [0.717, 1.165) is 24.9 Å². The second-order valence-corrected chi connectivity index (χ2v) is 5.63. The summed E-state index contributed by atoms with van der Waals surface area (Å²) in [6.45, 7) is 1.11. The molecule has 0 radical (unpaired) electrons. The minimum atomic E-state index is -0.140. The summed E-state index contributed by atoms with van der Waals surface area (Å²) in [5.74, 6) is -0.140. The van der Waals surface area contributed by atoms with Gasteiger partial charge in [0.2, 0.25) is 0 Å². The van der Waals surface area contributed by atoms with Gasteiger partial charge in [-0.1, -0.05) is 24.3 Å². The van der Waals surface area contributed by atoms with Gasteiger partial charge in [-0.15, -0.1) is 12.4 Å². The maximum atomic E-state index is 13.5.